The molecule has 4 nitrogen and oxygen atoms in total. The summed E-state index contributed by atoms with van der Waals surface area (Å²) in [4.78, 5) is 12.3. The van der Waals surface area contributed by atoms with E-state index in [-0.39, 0.29) is 12.5 Å². The number of nitrogens with two attached hydrogens (primary N) is 1. The molecule has 20 heavy (non-hydrogen) atoms. The fourth-order valence-electron chi connectivity index (χ4n) is 2.79. The van der Waals surface area contributed by atoms with Crippen LogP contribution >= 0.6 is 0 Å². The van der Waals surface area contributed by atoms with Gasteiger partial charge in [0.05, 0.1) is 12.1 Å². The van der Waals surface area contributed by atoms with Crippen molar-refractivity contribution in [2.75, 3.05) is 6.61 Å². The van der Waals surface area contributed by atoms with Crippen LogP contribution in [0.25, 0.3) is 0 Å². The highest BCUT2D eigenvalue weighted by atomic mass is 16.3. The monoisotopic (exact) mass is 276 g/mol. The van der Waals surface area contributed by atoms with E-state index in [4.69, 9.17) is 5.73 Å². The van der Waals surface area contributed by atoms with Gasteiger partial charge in [0.25, 0.3) is 0 Å². The standard InChI is InChI=1S/C16H24N2O2/c1-12-7-9-16(11-19,10-8-12)18-15(20)14(17)13-5-3-2-4-6-13/h2-6,12,14,19H,7-11,17H2,1H3,(H,18,20)/t12?,14-,16?/m0/s1. The molecule has 1 fully saturated rings. The van der Waals surface area contributed by atoms with Crippen molar-refractivity contribution in [3.8, 4) is 0 Å². The zero-order chi connectivity index (χ0) is 14.6. The van der Waals surface area contributed by atoms with E-state index in [0.717, 1.165) is 31.2 Å². The molecule has 4 heteroatoms. The van der Waals surface area contributed by atoms with Crippen LogP contribution < -0.4 is 11.1 Å². The van der Waals surface area contributed by atoms with Gasteiger partial charge < -0.3 is 16.2 Å². The van der Waals surface area contributed by atoms with Crippen molar-refractivity contribution in [2.45, 2.75) is 44.2 Å². The van der Waals surface area contributed by atoms with E-state index in [1.54, 1.807) is 0 Å². The molecule has 0 aromatic heterocycles. The second-order valence-corrected chi connectivity index (χ2v) is 6.00. The maximum absolute atomic E-state index is 12.3. The molecule has 1 atom stereocenters. The summed E-state index contributed by atoms with van der Waals surface area (Å²) in [7, 11) is 0. The normalized spacial score (nSPS) is 27.9. The Morgan fingerprint density at radius 3 is 2.55 bits per heavy atom. The molecular formula is C16H24N2O2. The summed E-state index contributed by atoms with van der Waals surface area (Å²) in [6.45, 7) is 2.19. The third-order valence-corrected chi connectivity index (χ3v) is 4.36. The average molecular weight is 276 g/mol. The fraction of sp³-hybridized carbons (Fsp3) is 0.562. The number of nitrogens with one attached hydrogen (secondary N) is 1. The molecule has 1 aliphatic rings. The fourth-order valence-corrected chi connectivity index (χ4v) is 2.79. The second kappa shape index (κ2) is 6.37. The van der Waals surface area contributed by atoms with Gasteiger partial charge in [0.2, 0.25) is 5.91 Å². The van der Waals surface area contributed by atoms with Gasteiger partial charge in [0, 0.05) is 0 Å². The predicted octanol–water partition coefficient (Wildman–Crippen LogP) is 1.74. The summed E-state index contributed by atoms with van der Waals surface area (Å²) >= 11 is 0. The summed E-state index contributed by atoms with van der Waals surface area (Å²) in [5, 5.41) is 12.7. The van der Waals surface area contributed by atoms with E-state index in [1.165, 1.54) is 0 Å². The first-order valence-electron chi connectivity index (χ1n) is 7.30. The van der Waals surface area contributed by atoms with Crippen LogP contribution in [0.4, 0.5) is 0 Å². The first kappa shape index (κ1) is 15.0. The number of amides is 1. The molecule has 1 saturated carbocycles. The van der Waals surface area contributed by atoms with Gasteiger partial charge >= 0.3 is 0 Å². The number of benzene rings is 1. The van der Waals surface area contributed by atoms with Crippen molar-refractivity contribution in [1.82, 2.24) is 5.32 Å². The number of carbonyl (C=O) groups is 1. The van der Waals surface area contributed by atoms with E-state index in [9.17, 15) is 9.90 Å². The zero-order valence-electron chi connectivity index (χ0n) is 12.0. The van der Waals surface area contributed by atoms with Crippen LogP contribution in [0.15, 0.2) is 30.3 Å². The van der Waals surface area contributed by atoms with E-state index >= 15 is 0 Å². The van der Waals surface area contributed by atoms with Crippen molar-refractivity contribution < 1.29 is 9.90 Å². The Hall–Kier alpha value is -1.39. The smallest absolute Gasteiger partial charge is 0.242 e. The maximum Gasteiger partial charge on any atom is 0.242 e. The largest absolute Gasteiger partial charge is 0.394 e. The second-order valence-electron chi connectivity index (χ2n) is 6.00. The van der Waals surface area contributed by atoms with Crippen LogP contribution in [0, 0.1) is 5.92 Å². The van der Waals surface area contributed by atoms with Crippen LogP contribution in [0.1, 0.15) is 44.2 Å². The van der Waals surface area contributed by atoms with Crippen LogP contribution in [0.2, 0.25) is 0 Å². The van der Waals surface area contributed by atoms with Crippen molar-refractivity contribution in [3.63, 3.8) is 0 Å². The van der Waals surface area contributed by atoms with E-state index in [2.05, 4.69) is 12.2 Å². The topological polar surface area (TPSA) is 75.3 Å². The quantitative estimate of drug-likeness (QED) is 0.784. The van der Waals surface area contributed by atoms with Gasteiger partial charge in [-0.05, 0) is 37.2 Å². The Morgan fingerprint density at radius 1 is 1.40 bits per heavy atom. The van der Waals surface area contributed by atoms with Crippen LogP contribution in [-0.4, -0.2) is 23.2 Å². The Labute approximate surface area is 120 Å². The van der Waals surface area contributed by atoms with Gasteiger partial charge in [0.15, 0.2) is 0 Å². The minimum absolute atomic E-state index is 0.0209. The SMILES string of the molecule is CC1CCC(CO)(NC(=O)[C@@H](N)c2ccccc2)CC1. The molecule has 1 amide bonds. The highest BCUT2D eigenvalue weighted by molar-refractivity contribution is 5.83. The summed E-state index contributed by atoms with van der Waals surface area (Å²) in [5.41, 5.74) is 6.31. The van der Waals surface area contributed by atoms with E-state index < -0.39 is 11.6 Å². The predicted molar refractivity (Wildman–Crippen MR) is 79.0 cm³/mol. The third-order valence-electron chi connectivity index (χ3n) is 4.36. The van der Waals surface area contributed by atoms with Gasteiger partial charge in [0.1, 0.15) is 6.04 Å². The Morgan fingerprint density at radius 2 is 2.00 bits per heavy atom. The summed E-state index contributed by atoms with van der Waals surface area (Å²) < 4.78 is 0. The zero-order valence-corrected chi connectivity index (χ0v) is 12.0. The van der Waals surface area contributed by atoms with Crippen molar-refractivity contribution >= 4 is 5.91 Å². The average Bonchev–Trinajstić information content (AvgIpc) is 2.50. The highest BCUT2D eigenvalue weighted by Crippen LogP contribution is 2.32. The molecule has 0 bridgehead atoms. The van der Waals surface area contributed by atoms with Crippen molar-refractivity contribution in [2.24, 2.45) is 11.7 Å². The first-order valence-corrected chi connectivity index (χ1v) is 7.30. The number of hydrogen-bond acceptors (Lipinski definition) is 3. The molecular weight excluding hydrogens is 252 g/mol. The Bertz CT molecular complexity index is 439. The van der Waals surface area contributed by atoms with Gasteiger partial charge in [-0.1, -0.05) is 37.3 Å². The summed E-state index contributed by atoms with van der Waals surface area (Å²) in [6.07, 6.45) is 3.69. The lowest BCUT2D eigenvalue weighted by atomic mass is 9.77. The highest BCUT2D eigenvalue weighted by Gasteiger charge is 2.36. The molecule has 1 aromatic rings. The number of rotatable bonds is 4. The number of hydrogen-bond donors (Lipinski definition) is 3. The molecule has 110 valence electrons. The molecule has 1 aliphatic carbocycles. The van der Waals surface area contributed by atoms with Gasteiger partial charge in [-0.15, -0.1) is 0 Å². The van der Waals surface area contributed by atoms with E-state index in [0.29, 0.717) is 5.92 Å². The minimum atomic E-state index is -0.682. The molecule has 0 heterocycles. The Balaban J connectivity index is 2.02. The van der Waals surface area contributed by atoms with Crippen LogP contribution in [0.5, 0.6) is 0 Å². The third kappa shape index (κ3) is 3.38. The lowest BCUT2D eigenvalue weighted by Gasteiger charge is -2.39. The summed E-state index contributed by atoms with van der Waals surface area (Å²) in [5.74, 6) is 0.453. The first-order chi connectivity index (χ1) is 9.56. The molecule has 1 aromatic carbocycles. The maximum atomic E-state index is 12.3. The molecule has 0 spiro atoms. The van der Waals surface area contributed by atoms with Gasteiger partial charge in [-0.25, -0.2) is 0 Å². The van der Waals surface area contributed by atoms with Gasteiger partial charge in [-0.2, -0.15) is 0 Å². The number of aliphatic hydroxyl groups excluding tert-OH is 1. The van der Waals surface area contributed by atoms with Crippen molar-refractivity contribution in [1.29, 1.82) is 0 Å². The molecule has 0 saturated heterocycles. The number of aliphatic hydroxyl groups is 1. The molecule has 0 unspecified atom stereocenters. The van der Waals surface area contributed by atoms with Gasteiger partial charge in [-0.3, -0.25) is 4.79 Å². The van der Waals surface area contributed by atoms with E-state index in [1.807, 2.05) is 30.3 Å². The molecule has 0 radical (unpaired) electrons. The number of carbonyl (C=O) groups excluding carboxylic acids is 1. The molecule has 0 aliphatic heterocycles. The van der Waals surface area contributed by atoms with Crippen molar-refractivity contribution in [3.05, 3.63) is 35.9 Å². The van der Waals surface area contributed by atoms with Crippen LogP contribution in [-0.2, 0) is 4.79 Å². The Kier molecular flexibility index (Phi) is 4.78. The summed E-state index contributed by atoms with van der Waals surface area (Å²) in [6, 6.07) is 8.64. The molecule has 2 rings (SSSR count). The lowest BCUT2D eigenvalue weighted by Crippen LogP contribution is -2.55. The van der Waals surface area contributed by atoms with Crippen LogP contribution in [0.3, 0.4) is 0 Å². The molecule has 4 N–H and O–H groups in total. The minimum Gasteiger partial charge on any atom is -0.394 e. The lowest BCUT2D eigenvalue weighted by molar-refractivity contribution is -0.125.